The first kappa shape index (κ1) is 17.5. The molecule has 3 amide bonds. The van der Waals surface area contributed by atoms with E-state index in [1.54, 1.807) is 12.1 Å². The minimum atomic E-state index is -0.879. The molecular formula is C19H21N3O5. The minimum Gasteiger partial charge on any atom is -0.454 e. The summed E-state index contributed by atoms with van der Waals surface area (Å²) in [7, 11) is 0. The molecule has 1 aliphatic carbocycles. The van der Waals surface area contributed by atoms with Crippen molar-refractivity contribution >= 4 is 29.0 Å². The average molecular weight is 371 g/mol. The Labute approximate surface area is 155 Å². The first-order valence-corrected chi connectivity index (χ1v) is 9.14. The molecule has 1 saturated carbocycles. The second-order valence-electron chi connectivity index (χ2n) is 7.18. The van der Waals surface area contributed by atoms with Crippen LogP contribution in [0.4, 0.5) is 4.79 Å². The quantitative estimate of drug-likeness (QED) is 0.654. The zero-order valence-corrected chi connectivity index (χ0v) is 15.1. The maximum atomic E-state index is 12.8. The Kier molecular flexibility index (Phi) is 4.33. The Morgan fingerprint density at radius 3 is 2.96 bits per heavy atom. The van der Waals surface area contributed by atoms with E-state index in [4.69, 9.17) is 9.15 Å². The molecule has 8 nitrogen and oxygen atoms in total. The van der Waals surface area contributed by atoms with Crippen LogP contribution < -0.4 is 5.32 Å². The van der Waals surface area contributed by atoms with Crippen molar-refractivity contribution in [1.29, 1.82) is 0 Å². The van der Waals surface area contributed by atoms with Gasteiger partial charge in [0.1, 0.15) is 17.6 Å². The molecule has 0 unspecified atom stereocenters. The number of hydrogen-bond donors (Lipinski definition) is 1. The highest BCUT2D eigenvalue weighted by Gasteiger charge is 2.55. The number of amides is 3. The van der Waals surface area contributed by atoms with Crippen molar-refractivity contribution in [2.75, 3.05) is 6.54 Å². The number of nitrogens with zero attached hydrogens (tertiary/aromatic N) is 2. The van der Waals surface area contributed by atoms with Gasteiger partial charge in [0.25, 0.3) is 5.91 Å². The smallest absolute Gasteiger partial charge is 0.326 e. The van der Waals surface area contributed by atoms with Crippen LogP contribution in [-0.2, 0) is 20.9 Å². The number of para-hydroxylation sites is 2. The molecule has 142 valence electrons. The van der Waals surface area contributed by atoms with Crippen molar-refractivity contribution in [3.05, 3.63) is 30.2 Å². The summed E-state index contributed by atoms with van der Waals surface area (Å²) in [4.78, 5) is 42.5. The standard InChI is InChI=1S/C19H21N3O5/c1-12-6-4-5-9-19(12)17(24)22(18(25)21-19)10-16(23)26-11-15-20-13-7-2-3-8-14(13)27-15/h2-3,7-8,12H,4-6,9-11H2,1H3,(H,21,25)/t12-,19-/m0/s1. The Morgan fingerprint density at radius 2 is 2.19 bits per heavy atom. The lowest BCUT2D eigenvalue weighted by Crippen LogP contribution is -2.54. The first-order valence-electron chi connectivity index (χ1n) is 9.14. The van der Waals surface area contributed by atoms with Gasteiger partial charge in [0.05, 0.1) is 0 Å². The monoisotopic (exact) mass is 371 g/mol. The van der Waals surface area contributed by atoms with Gasteiger partial charge in [0, 0.05) is 0 Å². The molecule has 1 N–H and O–H groups in total. The normalized spacial score (nSPS) is 25.2. The molecule has 1 aliphatic heterocycles. The molecule has 2 heterocycles. The average Bonchev–Trinajstić information content (AvgIpc) is 3.17. The van der Waals surface area contributed by atoms with Crippen molar-refractivity contribution in [2.45, 2.75) is 44.8 Å². The van der Waals surface area contributed by atoms with E-state index in [-0.39, 0.29) is 24.3 Å². The van der Waals surface area contributed by atoms with Crippen LogP contribution in [0, 0.1) is 5.92 Å². The summed E-state index contributed by atoms with van der Waals surface area (Å²) < 4.78 is 10.6. The Hall–Kier alpha value is -2.90. The molecule has 0 radical (unpaired) electrons. The number of carbonyl (C=O) groups excluding carboxylic acids is 3. The number of oxazole rings is 1. The number of aromatic nitrogens is 1. The fraction of sp³-hybridized carbons (Fsp3) is 0.474. The molecule has 4 rings (SSSR count). The number of nitrogens with one attached hydrogen (secondary N) is 1. The second-order valence-corrected chi connectivity index (χ2v) is 7.18. The van der Waals surface area contributed by atoms with E-state index in [2.05, 4.69) is 10.3 Å². The number of benzene rings is 1. The van der Waals surface area contributed by atoms with Crippen LogP contribution in [0.15, 0.2) is 28.7 Å². The molecule has 1 saturated heterocycles. The van der Waals surface area contributed by atoms with Crippen molar-refractivity contribution in [3.63, 3.8) is 0 Å². The number of urea groups is 1. The lowest BCUT2D eigenvalue weighted by Gasteiger charge is -2.36. The summed E-state index contributed by atoms with van der Waals surface area (Å²) in [5, 5.41) is 2.81. The predicted molar refractivity (Wildman–Crippen MR) is 94.4 cm³/mol. The summed E-state index contributed by atoms with van der Waals surface area (Å²) in [5.41, 5.74) is 0.396. The third-order valence-corrected chi connectivity index (χ3v) is 5.48. The molecule has 8 heteroatoms. The fourth-order valence-corrected chi connectivity index (χ4v) is 3.94. The van der Waals surface area contributed by atoms with Crippen molar-refractivity contribution in [2.24, 2.45) is 5.92 Å². The number of hydrogen-bond acceptors (Lipinski definition) is 6. The number of imide groups is 1. The van der Waals surface area contributed by atoms with Gasteiger partial charge in [0.2, 0.25) is 5.89 Å². The van der Waals surface area contributed by atoms with E-state index in [1.807, 2.05) is 19.1 Å². The lowest BCUT2D eigenvalue weighted by molar-refractivity contribution is -0.150. The highest BCUT2D eigenvalue weighted by Crippen LogP contribution is 2.38. The van der Waals surface area contributed by atoms with Crippen LogP contribution in [0.2, 0.25) is 0 Å². The number of fused-ring (bicyclic) bond motifs is 1. The van der Waals surface area contributed by atoms with Crippen LogP contribution in [0.1, 0.15) is 38.5 Å². The molecule has 27 heavy (non-hydrogen) atoms. The highest BCUT2D eigenvalue weighted by molar-refractivity contribution is 6.08. The van der Waals surface area contributed by atoms with Gasteiger partial charge in [-0.1, -0.05) is 31.9 Å². The van der Waals surface area contributed by atoms with E-state index in [0.717, 1.165) is 24.2 Å². The van der Waals surface area contributed by atoms with Gasteiger partial charge >= 0.3 is 12.0 Å². The Balaban J connectivity index is 1.39. The molecule has 1 aromatic carbocycles. The van der Waals surface area contributed by atoms with E-state index < -0.39 is 24.1 Å². The van der Waals surface area contributed by atoms with Gasteiger partial charge in [-0.05, 0) is 30.9 Å². The largest absolute Gasteiger partial charge is 0.454 e. The molecule has 2 atom stereocenters. The first-order chi connectivity index (χ1) is 13.0. The van der Waals surface area contributed by atoms with E-state index >= 15 is 0 Å². The van der Waals surface area contributed by atoms with Gasteiger partial charge < -0.3 is 14.5 Å². The van der Waals surface area contributed by atoms with Crippen LogP contribution in [0.3, 0.4) is 0 Å². The van der Waals surface area contributed by atoms with Crippen molar-refractivity contribution < 1.29 is 23.5 Å². The molecule has 2 aromatic rings. The predicted octanol–water partition coefficient (Wildman–Crippen LogP) is 2.37. The van der Waals surface area contributed by atoms with Crippen LogP contribution in [0.25, 0.3) is 11.1 Å². The third-order valence-electron chi connectivity index (χ3n) is 5.48. The summed E-state index contributed by atoms with van der Waals surface area (Å²) in [6, 6.07) is 6.68. The molecule has 0 bridgehead atoms. The van der Waals surface area contributed by atoms with E-state index in [0.29, 0.717) is 17.5 Å². The Morgan fingerprint density at radius 1 is 1.37 bits per heavy atom. The van der Waals surface area contributed by atoms with Crippen molar-refractivity contribution in [3.8, 4) is 0 Å². The van der Waals surface area contributed by atoms with Gasteiger partial charge in [-0.25, -0.2) is 9.78 Å². The third kappa shape index (κ3) is 3.05. The summed E-state index contributed by atoms with van der Waals surface area (Å²) in [6.07, 6.45) is 3.40. The maximum absolute atomic E-state index is 12.8. The molecule has 2 fully saturated rings. The SMILES string of the molecule is C[C@H]1CCCC[C@]12NC(=O)N(CC(=O)OCc1nc3ccccc3o1)C2=O. The summed E-state index contributed by atoms with van der Waals surface area (Å²) in [6.45, 7) is 1.39. The zero-order chi connectivity index (χ0) is 19.0. The fourth-order valence-electron chi connectivity index (χ4n) is 3.94. The van der Waals surface area contributed by atoms with Crippen LogP contribution >= 0.6 is 0 Å². The van der Waals surface area contributed by atoms with Crippen molar-refractivity contribution in [1.82, 2.24) is 15.2 Å². The summed E-state index contributed by atoms with van der Waals surface area (Å²) >= 11 is 0. The number of ether oxygens (including phenoxy) is 1. The highest BCUT2D eigenvalue weighted by atomic mass is 16.5. The van der Waals surface area contributed by atoms with Gasteiger partial charge in [-0.15, -0.1) is 0 Å². The number of rotatable bonds is 4. The topological polar surface area (TPSA) is 102 Å². The van der Waals surface area contributed by atoms with Crippen LogP contribution in [0.5, 0.6) is 0 Å². The van der Waals surface area contributed by atoms with E-state index in [9.17, 15) is 14.4 Å². The van der Waals surface area contributed by atoms with Crippen LogP contribution in [-0.4, -0.2) is 39.9 Å². The van der Waals surface area contributed by atoms with Gasteiger partial charge in [0.15, 0.2) is 12.2 Å². The molecule has 2 aliphatic rings. The minimum absolute atomic E-state index is 0.0449. The zero-order valence-electron chi connectivity index (χ0n) is 15.1. The van der Waals surface area contributed by atoms with Gasteiger partial charge in [-0.2, -0.15) is 0 Å². The number of carbonyl (C=O) groups is 3. The van der Waals surface area contributed by atoms with E-state index in [1.165, 1.54) is 0 Å². The molecular weight excluding hydrogens is 350 g/mol. The Bertz CT molecular complexity index is 875. The molecule has 1 aromatic heterocycles. The second kappa shape index (κ2) is 6.68. The maximum Gasteiger partial charge on any atom is 0.326 e. The lowest BCUT2D eigenvalue weighted by atomic mass is 9.73. The number of esters is 1. The molecule has 1 spiro atoms. The van der Waals surface area contributed by atoms with Gasteiger partial charge in [-0.3, -0.25) is 14.5 Å². The summed E-state index contributed by atoms with van der Waals surface area (Å²) in [5.74, 6) is -0.706.